The van der Waals surface area contributed by atoms with Crippen molar-refractivity contribution in [3.63, 3.8) is 0 Å². The van der Waals surface area contributed by atoms with Crippen LogP contribution in [0.1, 0.15) is 5.56 Å². The van der Waals surface area contributed by atoms with Gasteiger partial charge in [-0.1, -0.05) is 16.8 Å². The lowest BCUT2D eigenvalue weighted by Gasteiger charge is -2.10. The summed E-state index contributed by atoms with van der Waals surface area (Å²) in [5.74, 6) is -0.0316. The number of benzene rings is 2. The summed E-state index contributed by atoms with van der Waals surface area (Å²) >= 11 is 5.89. The normalized spacial score (nSPS) is 10.8. The van der Waals surface area contributed by atoms with Crippen molar-refractivity contribution in [3.05, 3.63) is 47.0 Å². The van der Waals surface area contributed by atoms with Gasteiger partial charge in [0.1, 0.15) is 5.75 Å². The second-order valence-electron chi connectivity index (χ2n) is 5.19. The molecule has 0 fully saturated rings. The lowest BCUT2D eigenvalue weighted by Crippen LogP contribution is -2.17. The summed E-state index contributed by atoms with van der Waals surface area (Å²) in [4.78, 5) is 16.9. The Morgan fingerprint density at radius 2 is 1.86 bits per heavy atom. The largest absolute Gasteiger partial charge is 0.495 e. The number of hydrogen-bond acceptors (Lipinski definition) is 6. The molecular weight excluding hydrogens is 398 g/mol. The van der Waals surface area contributed by atoms with E-state index in [2.05, 4.69) is 15.2 Å². The Morgan fingerprint density at radius 3 is 2.54 bits per heavy atom. The lowest BCUT2D eigenvalue weighted by molar-refractivity contribution is -0.120. The van der Waals surface area contributed by atoms with Crippen molar-refractivity contribution in [2.45, 2.75) is 6.61 Å². The van der Waals surface area contributed by atoms with Gasteiger partial charge in [-0.05, 0) is 36.4 Å². The number of nitrogens with one attached hydrogen (secondary N) is 1. The summed E-state index contributed by atoms with van der Waals surface area (Å²) in [5.41, 5.74) is 0.891. The van der Waals surface area contributed by atoms with Crippen LogP contribution in [-0.4, -0.2) is 39.6 Å². The molecule has 0 aliphatic rings. The van der Waals surface area contributed by atoms with E-state index < -0.39 is 12.5 Å². The third kappa shape index (κ3) is 6.27. The molecule has 0 aliphatic heterocycles. The molecule has 0 spiro atoms. The van der Waals surface area contributed by atoms with Gasteiger partial charge in [0.2, 0.25) is 0 Å². The number of oxime groups is 1. The summed E-state index contributed by atoms with van der Waals surface area (Å²) in [6.45, 7) is -3.33. The molecule has 0 heterocycles. The maximum absolute atomic E-state index is 12.3. The van der Waals surface area contributed by atoms with Gasteiger partial charge < -0.3 is 24.4 Å². The second-order valence-corrected chi connectivity index (χ2v) is 5.63. The number of carbonyl (C=O) groups is 1. The molecule has 0 bridgehead atoms. The zero-order valence-electron chi connectivity index (χ0n) is 14.9. The monoisotopic (exact) mass is 414 g/mol. The van der Waals surface area contributed by atoms with E-state index in [-0.39, 0.29) is 18.1 Å². The minimum absolute atomic E-state index is 0.106. The van der Waals surface area contributed by atoms with Crippen LogP contribution < -0.4 is 19.5 Å². The molecule has 0 aliphatic carbocycles. The van der Waals surface area contributed by atoms with Crippen molar-refractivity contribution in [2.75, 3.05) is 26.1 Å². The van der Waals surface area contributed by atoms with Gasteiger partial charge in [-0.15, -0.1) is 0 Å². The molecule has 28 heavy (non-hydrogen) atoms. The molecule has 0 atom stereocenters. The van der Waals surface area contributed by atoms with Gasteiger partial charge >= 0.3 is 6.61 Å². The number of carbonyl (C=O) groups excluding carboxylic acids is 1. The first-order chi connectivity index (χ1) is 13.4. The van der Waals surface area contributed by atoms with Crippen LogP contribution in [0.2, 0.25) is 5.02 Å². The predicted molar refractivity (Wildman–Crippen MR) is 99.8 cm³/mol. The third-order valence-corrected chi connectivity index (χ3v) is 3.55. The minimum Gasteiger partial charge on any atom is -0.495 e. The van der Waals surface area contributed by atoms with Gasteiger partial charge in [0.25, 0.3) is 5.91 Å². The van der Waals surface area contributed by atoms with Crippen molar-refractivity contribution in [1.29, 1.82) is 0 Å². The summed E-state index contributed by atoms with van der Waals surface area (Å²) in [5, 5.41) is 6.69. The van der Waals surface area contributed by atoms with Gasteiger partial charge in [-0.25, -0.2) is 0 Å². The highest BCUT2D eigenvalue weighted by molar-refractivity contribution is 6.31. The summed E-state index contributed by atoms with van der Waals surface area (Å²) in [6, 6.07) is 9.00. The molecule has 2 aromatic rings. The summed E-state index contributed by atoms with van der Waals surface area (Å²) < 4.78 is 39.1. The first-order valence-electron chi connectivity index (χ1n) is 7.84. The molecule has 1 amide bonds. The van der Waals surface area contributed by atoms with Gasteiger partial charge in [-0.3, -0.25) is 4.79 Å². The molecule has 0 unspecified atom stereocenters. The number of alkyl halides is 2. The SMILES string of the molecule is COc1ccc(Cl)cc1NC(=O)CO/N=C\c1ccc(OC(F)F)c(OC)c1. The van der Waals surface area contributed by atoms with Gasteiger partial charge in [0.15, 0.2) is 18.1 Å². The average molecular weight is 415 g/mol. The number of halogens is 3. The maximum Gasteiger partial charge on any atom is 0.387 e. The van der Waals surface area contributed by atoms with Crippen LogP contribution in [0.5, 0.6) is 17.2 Å². The average Bonchev–Trinajstić information content (AvgIpc) is 2.66. The van der Waals surface area contributed by atoms with Crippen LogP contribution in [0.4, 0.5) is 14.5 Å². The highest BCUT2D eigenvalue weighted by Gasteiger charge is 2.11. The molecule has 150 valence electrons. The number of anilines is 1. The van der Waals surface area contributed by atoms with E-state index in [9.17, 15) is 13.6 Å². The van der Waals surface area contributed by atoms with Crippen molar-refractivity contribution in [1.82, 2.24) is 0 Å². The molecule has 2 aromatic carbocycles. The number of hydrogen-bond donors (Lipinski definition) is 1. The Labute approximate surface area is 164 Å². The predicted octanol–water partition coefficient (Wildman–Crippen LogP) is 3.95. The fourth-order valence-corrected chi connectivity index (χ4v) is 2.29. The highest BCUT2D eigenvalue weighted by Crippen LogP contribution is 2.29. The number of nitrogens with zero attached hydrogens (tertiary/aromatic N) is 1. The van der Waals surface area contributed by atoms with Crippen LogP contribution in [0, 0.1) is 0 Å². The first kappa shape index (κ1) is 21.2. The standard InChI is InChI=1S/C18H17ClF2N2O5/c1-25-14-6-4-12(19)8-13(14)23-17(24)10-27-22-9-11-3-5-15(28-18(20)21)16(7-11)26-2/h3-9,18H,10H2,1-2H3,(H,23,24)/b22-9-. The van der Waals surface area contributed by atoms with Crippen LogP contribution in [0.15, 0.2) is 41.6 Å². The van der Waals surface area contributed by atoms with Crippen LogP contribution in [0.3, 0.4) is 0 Å². The van der Waals surface area contributed by atoms with Crippen LogP contribution in [-0.2, 0) is 9.63 Å². The molecule has 0 radical (unpaired) electrons. The summed E-state index contributed by atoms with van der Waals surface area (Å²) in [6.07, 6.45) is 1.29. The molecule has 2 rings (SSSR count). The molecule has 0 saturated heterocycles. The van der Waals surface area contributed by atoms with E-state index in [1.807, 2.05) is 0 Å². The van der Waals surface area contributed by atoms with Gasteiger partial charge in [0, 0.05) is 10.6 Å². The Kier molecular flexibility index (Phi) is 7.82. The zero-order valence-corrected chi connectivity index (χ0v) is 15.7. The lowest BCUT2D eigenvalue weighted by atomic mass is 10.2. The number of methoxy groups -OCH3 is 2. The van der Waals surface area contributed by atoms with Crippen molar-refractivity contribution >= 4 is 29.4 Å². The number of ether oxygens (including phenoxy) is 3. The van der Waals surface area contributed by atoms with Gasteiger partial charge in [0.05, 0.1) is 26.1 Å². The van der Waals surface area contributed by atoms with Crippen LogP contribution in [0.25, 0.3) is 0 Å². The fraction of sp³-hybridized carbons (Fsp3) is 0.222. The fourth-order valence-electron chi connectivity index (χ4n) is 2.12. The van der Waals surface area contributed by atoms with Crippen molar-refractivity contribution < 1.29 is 32.6 Å². The Bertz CT molecular complexity index is 849. The van der Waals surface area contributed by atoms with E-state index in [0.717, 1.165) is 0 Å². The third-order valence-electron chi connectivity index (χ3n) is 3.31. The topological polar surface area (TPSA) is 78.4 Å². The summed E-state index contributed by atoms with van der Waals surface area (Å²) in [7, 11) is 2.78. The van der Waals surface area contributed by atoms with Gasteiger partial charge in [-0.2, -0.15) is 8.78 Å². The smallest absolute Gasteiger partial charge is 0.387 e. The molecular formula is C18H17ClF2N2O5. The Balaban J connectivity index is 1.91. The zero-order chi connectivity index (χ0) is 20.5. The number of rotatable bonds is 9. The first-order valence-corrected chi connectivity index (χ1v) is 8.22. The van der Waals surface area contributed by atoms with E-state index >= 15 is 0 Å². The van der Waals surface area contributed by atoms with E-state index in [1.54, 1.807) is 12.1 Å². The second kappa shape index (κ2) is 10.3. The van der Waals surface area contributed by atoms with E-state index in [4.69, 9.17) is 25.9 Å². The molecule has 7 nitrogen and oxygen atoms in total. The Hall–Kier alpha value is -3.07. The van der Waals surface area contributed by atoms with Crippen LogP contribution >= 0.6 is 11.6 Å². The quantitative estimate of drug-likeness (QED) is 0.496. The molecule has 0 saturated carbocycles. The van der Waals surface area contributed by atoms with Crippen molar-refractivity contribution in [2.24, 2.45) is 5.16 Å². The number of amides is 1. The van der Waals surface area contributed by atoms with E-state index in [0.29, 0.717) is 22.0 Å². The maximum atomic E-state index is 12.3. The van der Waals surface area contributed by atoms with Crippen molar-refractivity contribution in [3.8, 4) is 17.2 Å². The minimum atomic E-state index is -2.96. The Morgan fingerprint density at radius 1 is 1.14 bits per heavy atom. The molecule has 10 heteroatoms. The molecule has 1 N–H and O–H groups in total. The van der Waals surface area contributed by atoms with E-state index in [1.165, 1.54) is 44.7 Å². The highest BCUT2D eigenvalue weighted by atomic mass is 35.5. The molecule has 0 aromatic heterocycles.